The van der Waals surface area contributed by atoms with Crippen molar-refractivity contribution in [1.29, 1.82) is 0 Å². The Morgan fingerprint density at radius 3 is 2.53 bits per heavy atom. The van der Waals surface area contributed by atoms with Crippen LogP contribution < -0.4 is 29.6 Å². The summed E-state index contributed by atoms with van der Waals surface area (Å²) in [5.74, 6) is -0.335. The number of hydrogen-bond donors (Lipinski definition) is 1. The summed E-state index contributed by atoms with van der Waals surface area (Å²) in [7, 11) is 1.38. The van der Waals surface area contributed by atoms with E-state index in [2.05, 4.69) is 12.6 Å². The number of ether oxygens (including phenoxy) is 1. The summed E-state index contributed by atoms with van der Waals surface area (Å²) in [4.78, 5) is 14.4. The second kappa shape index (κ2) is 8.02. The molecule has 2 aromatic rings. The van der Waals surface area contributed by atoms with Crippen molar-refractivity contribution >= 4 is 30.4 Å². The third-order valence-corrected chi connectivity index (χ3v) is 3.96. The van der Waals surface area contributed by atoms with Gasteiger partial charge in [0.25, 0.3) is 0 Å². The van der Waals surface area contributed by atoms with Crippen LogP contribution in [-0.2, 0) is 4.74 Å². The summed E-state index contributed by atoms with van der Waals surface area (Å²) < 4.78 is 4.71. The largest absolute Gasteiger partial charge is 1.00 e. The number of benzene rings is 2. The van der Waals surface area contributed by atoms with Gasteiger partial charge in [-0.25, -0.2) is 4.79 Å². The average Bonchev–Trinajstić information content (AvgIpc) is 2.41. The molecule has 19 heavy (non-hydrogen) atoms. The Hall–Kier alpha value is -0.390. The first-order valence-electron chi connectivity index (χ1n) is 5.35. The van der Waals surface area contributed by atoms with Gasteiger partial charge >= 0.3 is 35.5 Å². The smallest absolute Gasteiger partial charge is 1.00 e. The molecule has 2 nitrogen and oxygen atoms in total. The fourth-order valence-corrected chi connectivity index (χ4v) is 2.64. The van der Waals surface area contributed by atoms with Crippen molar-refractivity contribution in [2.24, 2.45) is 0 Å². The number of hydrogen-bond acceptors (Lipinski definition) is 4. The summed E-state index contributed by atoms with van der Waals surface area (Å²) in [5, 5.41) is 0. The van der Waals surface area contributed by atoms with Crippen LogP contribution in [0.4, 0.5) is 0 Å². The average molecular weight is 300 g/mol. The molecule has 0 aliphatic carbocycles. The normalized spacial score (nSPS) is 9.58. The van der Waals surface area contributed by atoms with Crippen molar-refractivity contribution < 1.29 is 40.5 Å². The maximum atomic E-state index is 11.5. The Morgan fingerprint density at radius 1 is 1.21 bits per heavy atom. The van der Waals surface area contributed by atoms with E-state index in [1.165, 1.54) is 7.11 Å². The summed E-state index contributed by atoms with van der Waals surface area (Å²) >= 11 is 5.97. The quantitative estimate of drug-likeness (QED) is 0.521. The van der Waals surface area contributed by atoms with E-state index in [0.29, 0.717) is 5.56 Å². The van der Waals surface area contributed by atoms with Crippen LogP contribution in [-0.4, -0.2) is 13.1 Å². The second-order valence-electron chi connectivity index (χ2n) is 3.59. The van der Waals surface area contributed by atoms with Gasteiger partial charge in [-0.15, -0.1) is 12.6 Å². The number of methoxy groups -OCH3 is 1. The number of carbonyl (C=O) groups is 1. The molecule has 0 heterocycles. The minimum atomic E-state index is -0.335. The minimum absolute atomic E-state index is 0. The van der Waals surface area contributed by atoms with Gasteiger partial charge in [-0.3, -0.25) is 0 Å². The SMILES string of the molecule is COC(=O)c1ccc(S)c(Sc2ccccc2)c1.[H-].[Na+]. The molecule has 94 valence electrons. The molecule has 0 aliphatic heterocycles. The van der Waals surface area contributed by atoms with Crippen LogP contribution in [0.1, 0.15) is 11.8 Å². The van der Waals surface area contributed by atoms with Crippen LogP contribution in [0.5, 0.6) is 0 Å². The van der Waals surface area contributed by atoms with Gasteiger partial charge in [-0.2, -0.15) is 0 Å². The topological polar surface area (TPSA) is 26.3 Å². The molecule has 0 aliphatic rings. The van der Waals surface area contributed by atoms with Crippen LogP contribution in [0.25, 0.3) is 0 Å². The third kappa shape index (κ3) is 4.58. The molecule has 0 amide bonds. The van der Waals surface area contributed by atoms with Crippen molar-refractivity contribution in [3.8, 4) is 0 Å². The Bertz CT molecular complexity index is 564. The monoisotopic (exact) mass is 300 g/mol. The Morgan fingerprint density at radius 2 is 1.89 bits per heavy atom. The molecular formula is C14H13NaO2S2. The first-order valence-corrected chi connectivity index (χ1v) is 6.61. The van der Waals surface area contributed by atoms with Gasteiger partial charge in [0.2, 0.25) is 0 Å². The molecule has 0 bridgehead atoms. The molecule has 5 heteroatoms. The zero-order valence-electron chi connectivity index (χ0n) is 11.8. The van der Waals surface area contributed by atoms with Crippen LogP contribution in [0.2, 0.25) is 0 Å². The summed E-state index contributed by atoms with van der Waals surface area (Å²) in [6.07, 6.45) is 0. The van der Waals surface area contributed by atoms with Gasteiger partial charge in [0.15, 0.2) is 0 Å². The summed E-state index contributed by atoms with van der Waals surface area (Å²) in [6.45, 7) is 0. The predicted molar refractivity (Wildman–Crippen MR) is 76.7 cm³/mol. The van der Waals surface area contributed by atoms with Gasteiger partial charge in [0, 0.05) is 14.7 Å². The zero-order valence-corrected chi connectivity index (χ0v) is 14.5. The van der Waals surface area contributed by atoms with Crippen molar-refractivity contribution in [1.82, 2.24) is 0 Å². The fourth-order valence-electron chi connectivity index (χ4n) is 1.46. The number of rotatable bonds is 3. The van der Waals surface area contributed by atoms with E-state index in [9.17, 15) is 4.79 Å². The standard InChI is InChI=1S/C14H12O2S2.Na.H/c1-16-14(15)10-7-8-12(17)13(9-10)18-11-5-3-2-4-6-11;;/h2-9,17H,1H3;;/q;+1;-1. The Labute approximate surface area is 146 Å². The molecule has 0 saturated carbocycles. The van der Waals surface area contributed by atoms with E-state index in [0.717, 1.165) is 14.7 Å². The molecule has 0 aromatic heterocycles. The van der Waals surface area contributed by atoms with Gasteiger partial charge < -0.3 is 6.16 Å². The number of thiol groups is 1. The van der Waals surface area contributed by atoms with Crippen molar-refractivity contribution in [2.45, 2.75) is 14.7 Å². The predicted octanol–water partition coefficient (Wildman–Crippen LogP) is 1.03. The summed E-state index contributed by atoms with van der Waals surface area (Å²) in [6, 6.07) is 15.3. The van der Waals surface area contributed by atoms with Gasteiger partial charge in [0.05, 0.1) is 12.7 Å². The van der Waals surface area contributed by atoms with E-state index >= 15 is 0 Å². The van der Waals surface area contributed by atoms with E-state index in [-0.39, 0.29) is 37.0 Å². The Balaban J connectivity index is 0.00000180. The van der Waals surface area contributed by atoms with Crippen LogP contribution in [0.15, 0.2) is 63.2 Å². The van der Waals surface area contributed by atoms with Crippen molar-refractivity contribution in [2.75, 3.05) is 7.11 Å². The van der Waals surface area contributed by atoms with Crippen molar-refractivity contribution in [3.05, 3.63) is 54.1 Å². The molecule has 0 atom stereocenters. The van der Waals surface area contributed by atoms with E-state index in [1.807, 2.05) is 30.3 Å². The van der Waals surface area contributed by atoms with Crippen LogP contribution in [0, 0.1) is 0 Å². The van der Waals surface area contributed by atoms with Crippen molar-refractivity contribution in [3.63, 3.8) is 0 Å². The molecule has 2 aromatic carbocycles. The summed E-state index contributed by atoms with van der Waals surface area (Å²) in [5.41, 5.74) is 0.536. The number of esters is 1. The molecule has 0 saturated heterocycles. The van der Waals surface area contributed by atoms with E-state index in [4.69, 9.17) is 4.74 Å². The molecule has 0 fully saturated rings. The first-order chi connectivity index (χ1) is 8.70. The van der Waals surface area contributed by atoms with Crippen LogP contribution >= 0.6 is 24.4 Å². The minimum Gasteiger partial charge on any atom is -1.00 e. The van der Waals surface area contributed by atoms with Gasteiger partial charge in [0.1, 0.15) is 0 Å². The second-order valence-corrected chi connectivity index (χ2v) is 5.19. The van der Waals surface area contributed by atoms with Gasteiger partial charge in [-0.05, 0) is 30.3 Å². The molecule has 0 radical (unpaired) electrons. The molecule has 0 N–H and O–H groups in total. The molecule has 0 spiro atoms. The maximum absolute atomic E-state index is 11.5. The maximum Gasteiger partial charge on any atom is 1.00 e. The molecule has 2 rings (SSSR count). The Kier molecular flexibility index (Phi) is 7.04. The van der Waals surface area contributed by atoms with Crippen LogP contribution in [0.3, 0.4) is 0 Å². The van der Waals surface area contributed by atoms with E-state index in [1.54, 1.807) is 30.0 Å². The van der Waals surface area contributed by atoms with Gasteiger partial charge in [-0.1, -0.05) is 30.0 Å². The molecule has 0 unspecified atom stereocenters. The number of carbonyl (C=O) groups excluding carboxylic acids is 1. The fraction of sp³-hybridized carbons (Fsp3) is 0.0714. The van der Waals surface area contributed by atoms with E-state index < -0.39 is 0 Å². The zero-order chi connectivity index (χ0) is 13.0. The molecular weight excluding hydrogens is 287 g/mol. The third-order valence-electron chi connectivity index (χ3n) is 2.35. The first kappa shape index (κ1) is 16.7.